The van der Waals surface area contributed by atoms with Crippen LogP contribution < -0.4 is 0 Å². The van der Waals surface area contributed by atoms with Crippen LogP contribution in [0.25, 0.3) is 11.4 Å². The van der Waals surface area contributed by atoms with E-state index in [-0.39, 0.29) is 17.9 Å². The number of amides is 2. The third-order valence-electron chi connectivity index (χ3n) is 6.35. The summed E-state index contributed by atoms with van der Waals surface area (Å²) in [6, 6.07) is 16.9. The Labute approximate surface area is 198 Å². The molecule has 2 fully saturated rings. The second-order valence-electron chi connectivity index (χ2n) is 8.59. The lowest BCUT2D eigenvalue weighted by atomic mass is 10.1. The van der Waals surface area contributed by atoms with Crippen molar-refractivity contribution in [3.05, 3.63) is 82.6 Å². The monoisotopic (exact) mass is 460 g/mol. The largest absolute Gasteiger partial charge is 0.338 e. The van der Waals surface area contributed by atoms with Crippen molar-refractivity contribution in [2.75, 3.05) is 13.1 Å². The fourth-order valence-corrected chi connectivity index (χ4v) is 4.80. The van der Waals surface area contributed by atoms with Crippen molar-refractivity contribution in [1.29, 1.82) is 0 Å². The third kappa shape index (κ3) is 4.62. The Morgan fingerprint density at radius 2 is 1.91 bits per heavy atom. The van der Waals surface area contributed by atoms with Gasteiger partial charge < -0.3 is 9.80 Å². The minimum Gasteiger partial charge on any atom is -0.338 e. The first kappa shape index (κ1) is 21.6. The van der Waals surface area contributed by atoms with Gasteiger partial charge in [-0.25, -0.2) is 9.97 Å². The highest BCUT2D eigenvalue weighted by Gasteiger charge is 2.32. The standard InChI is InChI=1S/C26H25ClN4O2/c27-21-10-8-19(9-11-21)25-28-13-12-22(29-25)23-6-2-15-31(23)26(33)20-5-1-4-18(16-20)17-30-14-3-7-24(30)32/h1,4-5,8-13,16,23H,2-3,6-7,14-15,17H2/t23-/m1/s1. The van der Waals surface area contributed by atoms with E-state index in [2.05, 4.69) is 4.98 Å². The van der Waals surface area contributed by atoms with Gasteiger partial charge in [-0.3, -0.25) is 9.59 Å². The van der Waals surface area contributed by atoms with E-state index >= 15 is 0 Å². The molecule has 2 aromatic carbocycles. The summed E-state index contributed by atoms with van der Waals surface area (Å²) in [7, 11) is 0. The number of hydrogen-bond acceptors (Lipinski definition) is 4. The highest BCUT2D eigenvalue weighted by atomic mass is 35.5. The van der Waals surface area contributed by atoms with Crippen LogP contribution >= 0.6 is 11.6 Å². The van der Waals surface area contributed by atoms with Crippen LogP contribution in [0.15, 0.2) is 60.8 Å². The van der Waals surface area contributed by atoms with E-state index in [1.54, 1.807) is 6.20 Å². The first-order chi connectivity index (χ1) is 16.1. The van der Waals surface area contributed by atoms with E-state index in [9.17, 15) is 9.59 Å². The summed E-state index contributed by atoms with van der Waals surface area (Å²) in [6.45, 7) is 2.03. The van der Waals surface area contributed by atoms with Crippen molar-refractivity contribution in [2.45, 2.75) is 38.3 Å². The molecule has 3 aromatic rings. The molecular formula is C26H25ClN4O2. The maximum atomic E-state index is 13.5. The molecule has 0 aliphatic carbocycles. The fourth-order valence-electron chi connectivity index (χ4n) is 4.67. The number of carbonyl (C=O) groups is 2. The average Bonchev–Trinajstić information content (AvgIpc) is 3.49. The zero-order chi connectivity index (χ0) is 22.8. The number of halogens is 1. The van der Waals surface area contributed by atoms with Gasteiger partial charge in [-0.15, -0.1) is 0 Å². The van der Waals surface area contributed by atoms with E-state index in [1.807, 2.05) is 64.4 Å². The Bertz CT molecular complexity index is 1180. The number of nitrogens with zero attached hydrogens (tertiary/aromatic N) is 4. The number of carbonyl (C=O) groups excluding carboxylic acids is 2. The Morgan fingerprint density at radius 1 is 1.06 bits per heavy atom. The smallest absolute Gasteiger partial charge is 0.254 e. The molecule has 0 saturated carbocycles. The summed E-state index contributed by atoms with van der Waals surface area (Å²) in [6.07, 6.45) is 5.07. The molecule has 7 heteroatoms. The topological polar surface area (TPSA) is 66.4 Å². The van der Waals surface area contributed by atoms with Crippen molar-refractivity contribution in [3.8, 4) is 11.4 Å². The van der Waals surface area contributed by atoms with Gasteiger partial charge in [0, 0.05) is 48.4 Å². The van der Waals surface area contributed by atoms with Crippen molar-refractivity contribution in [2.24, 2.45) is 0 Å². The van der Waals surface area contributed by atoms with Crippen LogP contribution in [0.2, 0.25) is 5.02 Å². The molecule has 3 heterocycles. The van der Waals surface area contributed by atoms with Gasteiger partial charge in [0.1, 0.15) is 0 Å². The third-order valence-corrected chi connectivity index (χ3v) is 6.61. The summed E-state index contributed by atoms with van der Waals surface area (Å²) in [5, 5.41) is 0.666. The summed E-state index contributed by atoms with van der Waals surface area (Å²) in [4.78, 5) is 38.4. The summed E-state index contributed by atoms with van der Waals surface area (Å²) in [5.41, 5.74) is 3.37. The fraction of sp³-hybridized carbons (Fsp3) is 0.308. The second kappa shape index (κ2) is 9.32. The van der Waals surface area contributed by atoms with Gasteiger partial charge in [0.25, 0.3) is 5.91 Å². The molecule has 0 radical (unpaired) electrons. The van der Waals surface area contributed by atoms with Crippen LogP contribution in [-0.4, -0.2) is 44.7 Å². The maximum Gasteiger partial charge on any atom is 0.254 e. The first-order valence-electron chi connectivity index (χ1n) is 11.3. The van der Waals surface area contributed by atoms with Crippen LogP contribution in [0.1, 0.15) is 53.3 Å². The average molecular weight is 461 g/mol. The molecule has 33 heavy (non-hydrogen) atoms. The van der Waals surface area contributed by atoms with Gasteiger partial charge in [0.05, 0.1) is 11.7 Å². The quantitative estimate of drug-likeness (QED) is 0.543. The van der Waals surface area contributed by atoms with Gasteiger partial charge >= 0.3 is 0 Å². The lowest BCUT2D eigenvalue weighted by Crippen LogP contribution is -2.31. The summed E-state index contributed by atoms with van der Waals surface area (Å²) in [5.74, 6) is 0.811. The number of rotatable bonds is 5. The predicted molar refractivity (Wildman–Crippen MR) is 127 cm³/mol. The summed E-state index contributed by atoms with van der Waals surface area (Å²) >= 11 is 6.01. The van der Waals surface area contributed by atoms with E-state index in [0.717, 1.165) is 42.6 Å². The minimum absolute atomic E-state index is 0.00115. The molecule has 2 saturated heterocycles. The number of likely N-dealkylation sites (tertiary alicyclic amines) is 2. The lowest BCUT2D eigenvalue weighted by Gasteiger charge is -2.25. The molecule has 1 atom stereocenters. The van der Waals surface area contributed by atoms with Gasteiger partial charge in [0.2, 0.25) is 5.91 Å². The molecule has 2 amide bonds. The zero-order valence-electron chi connectivity index (χ0n) is 18.3. The molecule has 1 aromatic heterocycles. The molecule has 0 bridgehead atoms. The van der Waals surface area contributed by atoms with E-state index in [4.69, 9.17) is 16.6 Å². The van der Waals surface area contributed by atoms with Crippen molar-refractivity contribution < 1.29 is 9.59 Å². The molecule has 0 unspecified atom stereocenters. The van der Waals surface area contributed by atoms with Crippen LogP contribution in [0.4, 0.5) is 0 Å². The number of aromatic nitrogens is 2. The van der Waals surface area contributed by atoms with Crippen LogP contribution in [0, 0.1) is 0 Å². The highest BCUT2D eigenvalue weighted by molar-refractivity contribution is 6.30. The zero-order valence-corrected chi connectivity index (χ0v) is 19.0. The Balaban J connectivity index is 1.36. The molecule has 2 aliphatic heterocycles. The number of benzene rings is 2. The summed E-state index contributed by atoms with van der Waals surface area (Å²) < 4.78 is 0. The molecule has 5 rings (SSSR count). The lowest BCUT2D eigenvalue weighted by molar-refractivity contribution is -0.128. The van der Waals surface area contributed by atoms with Crippen molar-refractivity contribution in [1.82, 2.24) is 19.8 Å². The van der Waals surface area contributed by atoms with E-state index in [1.165, 1.54) is 0 Å². The van der Waals surface area contributed by atoms with Gasteiger partial charge in [-0.05, 0) is 67.3 Å². The van der Waals surface area contributed by atoms with Crippen LogP contribution in [0.5, 0.6) is 0 Å². The normalized spacial score (nSPS) is 18.2. The second-order valence-corrected chi connectivity index (χ2v) is 9.02. The van der Waals surface area contributed by atoms with E-state index < -0.39 is 0 Å². The Morgan fingerprint density at radius 3 is 2.70 bits per heavy atom. The molecule has 0 N–H and O–H groups in total. The van der Waals surface area contributed by atoms with E-state index in [0.29, 0.717) is 35.9 Å². The first-order valence-corrected chi connectivity index (χ1v) is 11.7. The maximum absolute atomic E-state index is 13.5. The molecule has 0 spiro atoms. The minimum atomic E-state index is -0.0876. The molecule has 6 nitrogen and oxygen atoms in total. The molecular weight excluding hydrogens is 436 g/mol. The number of hydrogen-bond donors (Lipinski definition) is 0. The van der Waals surface area contributed by atoms with Gasteiger partial charge in [-0.1, -0.05) is 23.7 Å². The van der Waals surface area contributed by atoms with Crippen LogP contribution in [0.3, 0.4) is 0 Å². The molecule has 2 aliphatic rings. The van der Waals surface area contributed by atoms with Crippen LogP contribution in [-0.2, 0) is 11.3 Å². The van der Waals surface area contributed by atoms with Gasteiger partial charge in [-0.2, -0.15) is 0 Å². The Hall–Kier alpha value is -3.25. The van der Waals surface area contributed by atoms with Crippen molar-refractivity contribution in [3.63, 3.8) is 0 Å². The van der Waals surface area contributed by atoms with Gasteiger partial charge in [0.15, 0.2) is 5.82 Å². The van der Waals surface area contributed by atoms with Crippen molar-refractivity contribution >= 4 is 23.4 Å². The Kier molecular flexibility index (Phi) is 6.09. The SMILES string of the molecule is O=C1CCCN1Cc1cccc(C(=O)N2CCC[C@@H]2c2ccnc(-c3ccc(Cl)cc3)n2)c1. The molecule has 168 valence electrons. The predicted octanol–water partition coefficient (Wildman–Crippen LogP) is 4.90. The highest BCUT2D eigenvalue weighted by Crippen LogP contribution is 2.33.